The van der Waals surface area contributed by atoms with Gasteiger partial charge in [0.05, 0.1) is 40.7 Å². The minimum Gasteiger partial charge on any atom is -0.464 e. The van der Waals surface area contributed by atoms with Gasteiger partial charge in [-0.15, -0.1) is 11.3 Å². The fourth-order valence-corrected chi connectivity index (χ4v) is 10.6. The number of likely N-dealkylation sites (N-methyl/N-ethyl adjacent to an activating group) is 1. The zero-order valence-corrected chi connectivity index (χ0v) is 40.7. The molecule has 16 heteroatoms. The highest BCUT2D eigenvalue weighted by Gasteiger charge is 2.43. The van der Waals surface area contributed by atoms with E-state index in [1.165, 1.54) is 21.2 Å². The van der Waals surface area contributed by atoms with Gasteiger partial charge in [0, 0.05) is 85.8 Å². The number of aryl methyl sites for hydroxylation is 1. The summed E-state index contributed by atoms with van der Waals surface area (Å²) in [6.07, 6.45) is 3.17. The number of hydrazine groups is 1. The topological polar surface area (TPSA) is 168 Å². The SMILES string of the molecule is CC#CC(=O)N1C[C@H](C)[C@H](C(=O)N(C)[C@H](C(=O)N[C@H]2Cc3nc(cs3)-c3ccc4c(c3)c(c(-c3cccnc3[C@H](C)OC)n4CC)CC(C)(C)COC(=O)[C@@H]3CCCN(N3)C2=O)C(C)C)C1. The molecule has 1 aromatic carbocycles. The molecular formula is C50H64N8O7S. The molecule has 6 bridgehead atoms. The van der Waals surface area contributed by atoms with Crippen LogP contribution in [-0.4, -0.2) is 117 Å². The first-order valence-electron chi connectivity index (χ1n) is 23.1. The Morgan fingerprint density at radius 1 is 1.15 bits per heavy atom. The first-order chi connectivity index (χ1) is 31.5. The summed E-state index contributed by atoms with van der Waals surface area (Å²) in [7, 11) is 3.29. The van der Waals surface area contributed by atoms with Crippen molar-refractivity contribution >= 4 is 51.8 Å². The molecule has 6 heterocycles. The molecule has 4 amide bonds. The standard InChI is InChI=1S/C50H64N8O7S/c1-11-15-42(59)56-25-30(5)36(26-56)47(61)55(9)44(29(3)4)46(60)53-38-23-41-52-39(27-66-41)32-18-19-40-34(22-32)35(45(57(40)12-2)33-16-13-20-51-43(33)31(6)64-10)24-50(7,8)28-65-49(63)37-17-14-21-58(54-37)48(38)62/h13,16,18-20,22,27,29-31,36-38,44,54H,12,14,17,21,23-26,28H2,1-10H3,(H,53,60)/t30-,31-,36+,37-,38-,44-/m0/s1. The molecule has 2 fully saturated rings. The van der Waals surface area contributed by atoms with Crippen LogP contribution >= 0.6 is 11.3 Å². The second kappa shape index (κ2) is 20.1. The molecule has 0 unspecified atom stereocenters. The number of thiazole rings is 1. The molecule has 66 heavy (non-hydrogen) atoms. The van der Waals surface area contributed by atoms with Crippen LogP contribution in [0.5, 0.6) is 0 Å². The lowest BCUT2D eigenvalue weighted by Crippen LogP contribution is -2.62. The fraction of sp³-hybridized carbons (Fsp3) is 0.540. The number of rotatable bonds is 9. The Morgan fingerprint density at radius 2 is 1.92 bits per heavy atom. The first kappa shape index (κ1) is 48.3. The molecule has 3 aromatic heterocycles. The predicted octanol–water partition coefficient (Wildman–Crippen LogP) is 5.80. The Kier molecular flexibility index (Phi) is 14.7. The summed E-state index contributed by atoms with van der Waals surface area (Å²) in [5.41, 5.74) is 9.24. The average molecular weight is 921 g/mol. The lowest BCUT2D eigenvalue weighted by molar-refractivity contribution is -0.155. The van der Waals surface area contributed by atoms with Crippen molar-refractivity contribution in [1.82, 2.24) is 40.1 Å². The lowest BCUT2D eigenvalue weighted by Gasteiger charge is -2.37. The molecule has 3 aliphatic heterocycles. The molecule has 4 aromatic rings. The van der Waals surface area contributed by atoms with E-state index in [9.17, 15) is 24.0 Å². The predicted molar refractivity (Wildman–Crippen MR) is 253 cm³/mol. The second-order valence-electron chi connectivity index (χ2n) is 19.1. The van der Waals surface area contributed by atoms with Gasteiger partial charge < -0.3 is 29.2 Å². The number of amides is 4. The molecule has 0 radical (unpaired) electrons. The van der Waals surface area contributed by atoms with Crippen LogP contribution in [0.25, 0.3) is 33.4 Å². The van der Waals surface area contributed by atoms with Crippen LogP contribution in [0, 0.1) is 35.0 Å². The van der Waals surface area contributed by atoms with Gasteiger partial charge in [0.25, 0.3) is 11.8 Å². The highest BCUT2D eigenvalue weighted by atomic mass is 32.1. The summed E-state index contributed by atoms with van der Waals surface area (Å²) in [6, 6.07) is 7.58. The number of hydrogen-bond donors (Lipinski definition) is 2. The number of fused-ring (bicyclic) bond motifs is 6. The normalized spacial score (nSPS) is 22.0. The van der Waals surface area contributed by atoms with Crippen LogP contribution in [0.1, 0.15) is 90.6 Å². The number of esters is 1. The maximum atomic E-state index is 14.7. The van der Waals surface area contributed by atoms with E-state index in [1.807, 2.05) is 39.1 Å². The quantitative estimate of drug-likeness (QED) is 0.155. The Morgan fingerprint density at radius 3 is 2.64 bits per heavy atom. The summed E-state index contributed by atoms with van der Waals surface area (Å²) in [4.78, 5) is 82.7. The molecule has 0 saturated carbocycles. The van der Waals surface area contributed by atoms with E-state index in [-0.39, 0.29) is 49.3 Å². The number of nitrogens with one attached hydrogen (secondary N) is 2. The summed E-state index contributed by atoms with van der Waals surface area (Å²) >= 11 is 1.40. The summed E-state index contributed by atoms with van der Waals surface area (Å²) < 4.78 is 14.2. The van der Waals surface area contributed by atoms with Crippen molar-refractivity contribution < 1.29 is 33.4 Å². The van der Waals surface area contributed by atoms with E-state index >= 15 is 0 Å². The summed E-state index contributed by atoms with van der Waals surface area (Å²) in [6.45, 7) is 17.3. The largest absolute Gasteiger partial charge is 0.464 e. The first-order valence-corrected chi connectivity index (χ1v) is 24.0. The summed E-state index contributed by atoms with van der Waals surface area (Å²) in [5.74, 6) is 2.24. The smallest absolute Gasteiger partial charge is 0.324 e. The number of pyridine rings is 1. The third-order valence-corrected chi connectivity index (χ3v) is 14.1. The van der Waals surface area contributed by atoms with Crippen molar-refractivity contribution in [2.45, 2.75) is 112 Å². The van der Waals surface area contributed by atoms with Crippen LogP contribution in [-0.2, 0) is 52.8 Å². The molecule has 2 N–H and O–H groups in total. The number of benzene rings is 1. The van der Waals surface area contributed by atoms with Crippen molar-refractivity contribution in [2.24, 2.45) is 23.2 Å². The molecule has 352 valence electrons. The summed E-state index contributed by atoms with van der Waals surface area (Å²) in [5, 5.41) is 8.10. The zero-order chi connectivity index (χ0) is 47.6. The molecule has 2 saturated heterocycles. The van der Waals surface area contributed by atoms with Crippen molar-refractivity contribution in [1.29, 1.82) is 0 Å². The number of hydrogen-bond acceptors (Lipinski definition) is 11. The monoisotopic (exact) mass is 920 g/mol. The minimum absolute atomic E-state index is 0.0692. The second-order valence-corrected chi connectivity index (χ2v) is 20.0. The van der Waals surface area contributed by atoms with Crippen molar-refractivity contribution in [2.75, 3.05) is 40.4 Å². The molecule has 3 aliphatic rings. The van der Waals surface area contributed by atoms with E-state index < -0.39 is 47.2 Å². The number of methoxy groups -OCH3 is 1. The van der Waals surface area contributed by atoms with Crippen LogP contribution in [0.15, 0.2) is 41.9 Å². The van der Waals surface area contributed by atoms with Gasteiger partial charge in [0.15, 0.2) is 0 Å². The van der Waals surface area contributed by atoms with Gasteiger partial charge in [-0.1, -0.05) is 46.6 Å². The highest BCUT2D eigenvalue weighted by Crippen LogP contribution is 2.42. The Hall–Kier alpha value is -5.63. The average Bonchev–Trinajstić information content (AvgIpc) is 4.02. The van der Waals surface area contributed by atoms with Crippen molar-refractivity contribution in [3.63, 3.8) is 0 Å². The van der Waals surface area contributed by atoms with E-state index in [0.29, 0.717) is 43.9 Å². The van der Waals surface area contributed by atoms with E-state index in [4.69, 9.17) is 19.4 Å². The van der Waals surface area contributed by atoms with Crippen LogP contribution in [0.3, 0.4) is 0 Å². The molecule has 0 aliphatic carbocycles. The number of carbonyl (C=O) groups is 5. The number of likely N-dealkylation sites (tertiary alicyclic amines) is 1. The van der Waals surface area contributed by atoms with Gasteiger partial charge in [-0.2, -0.15) is 0 Å². The van der Waals surface area contributed by atoms with Gasteiger partial charge in [-0.3, -0.25) is 34.0 Å². The van der Waals surface area contributed by atoms with Crippen LogP contribution in [0.4, 0.5) is 0 Å². The maximum Gasteiger partial charge on any atom is 0.324 e. The van der Waals surface area contributed by atoms with Gasteiger partial charge in [0.1, 0.15) is 18.1 Å². The molecule has 7 rings (SSSR count). The molecular weight excluding hydrogens is 857 g/mol. The van der Waals surface area contributed by atoms with Gasteiger partial charge in [-0.25, -0.2) is 10.4 Å². The third kappa shape index (κ3) is 9.89. The number of carbonyl (C=O) groups excluding carboxylic acids is 5. The Balaban J connectivity index is 1.26. The minimum atomic E-state index is -1.09. The van der Waals surface area contributed by atoms with Crippen LogP contribution < -0.4 is 10.7 Å². The van der Waals surface area contributed by atoms with Gasteiger partial charge in [-0.05, 0) is 87.6 Å². The van der Waals surface area contributed by atoms with Crippen molar-refractivity contribution in [3.05, 3.63) is 58.2 Å². The number of cyclic esters (lactones) is 1. The molecule has 6 atom stereocenters. The third-order valence-electron chi connectivity index (χ3n) is 13.3. The van der Waals surface area contributed by atoms with E-state index in [1.54, 1.807) is 32.2 Å². The number of aromatic nitrogens is 3. The van der Waals surface area contributed by atoms with Crippen molar-refractivity contribution in [3.8, 4) is 34.4 Å². The van der Waals surface area contributed by atoms with Gasteiger partial charge >= 0.3 is 5.97 Å². The number of nitrogens with zero attached hydrogens (tertiary/aromatic N) is 6. The Bertz CT molecular complexity index is 2550. The zero-order valence-electron chi connectivity index (χ0n) is 39.9. The highest BCUT2D eigenvalue weighted by molar-refractivity contribution is 7.10. The van der Waals surface area contributed by atoms with E-state index in [2.05, 4.69) is 72.2 Å². The molecule has 15 nitrogen and oxygen atoms in total. The van der Waals surface area contributed by atoms with E-state index in [0.717, 1.165) is 44.7 Å². The maximum absolute atomic E-state index is 14.7. The fourth-order valence-electron chi connectivity index (χ4n) is 9.79. The van der Waals surface area contributed by atoms with Crippen LogP contribution in [0.2, 0.25) is 0 Å². The Labute approximate surface area is 391 Å². The van der Waals surface area contributed by atoms with Gasteiger partial charge in [0.2, 0.25) is 11.8 Å². The number of ether oxygens (including phenoxy) is 2. The lowest BCUT2D eigenvalue weighted by atomic mass is 9.84. The molecule has 0 spiro atoms.